The van der Waals surface area contributed by atoms with Gasteiger partial charge in [0.05, 0.1) is 13.3 Å². The quantitative estimate of drug-likeness (QED) is 0.698. The third kappa shape index (κ3) is 3.97. The molecule has 0 aliphatic rings. The highest BCUT2D eigenvalue weighted by molar-refractivity contribution is 5.48. The molecule has 26 heavy (non-hydrogen) atoms. The van der Waals surface area contributed by atoms with E-state index in [1.54, 1.807) is 25.4 Å². The number of aromatic nitrogens is 3. The Hall–Kier alpha value is -3.42. The van der Waals surface area contributed by atoms with Crippen molar-refractivity contribution in [1.82, 2.24) is 15.0 Å². The van der Waals surface area contributed by atoms with Crippen molar-refractivity contribution in [2.24, 2.45) is 0 Å². The van der Waals surface area contributed by atoms with Crippen LogP contribution in [0.4, 0.5) is 16.2 Å². The van der Waals surface area contributed by atoms with Gasteiger partial charge in [-0.3, -0.25) is 4.98 Å². The lowest BCUT2D eigenvalue weighted by Gasteiger charge is -2.13. The molecule has 0 aliphatic heterocycles. The Morgan fingerprint density at radius 3 is 2.65 bits per heavy atom. The van der Waals surface area contributed by atoms with E-state index in [4.69, 9.17) is 20.9 Å². The molecule has 1 aromatic carbocycles. The molecule has 8 heteroatoms. The van der Waals surface area contributed by atoms with Crippen molar-refractivity contribution < 1.29 is 13.9 Å². The van der Waals surface area contributed by atoms with Crippen molar-refractivity contribution in [3.05, 3.63) is 65.4 Å². The Labute approximate surface area is 149 Å². The van der Waals surface area contributed by atoms with Gasteiger partial charge in [0.25, 0.3) is 0 Å². The predicted molar refractivity (Wildman–Crippen MR) is 95.2 cm³/mol. The standard InChI is InChI=1S/C18H18FN5O2/c1-25-16-7-11(6-13-8-23-18(21)24-17(13)20)2-3-15(16)26-10-12-4-5-22-9-14(12)19/h2-5,7-9H,6,10H2,1H3,(H4,20,21,23,24). The highest BCUT2D eigenvalue weighted by atomic mass is 19.1. The van der Waals surface area contributed by atoms with Crippen LogP contribution in [-0.2, 0) is 13.0 Å². The van der Waals surface area contributed by atoms with E-state index in [2.05, 4.69) is 15.0 Å². The Morgan fingerprint density at radius 1 is 1.08 bits per heavy atom. The molecule has 0 saturated heterocycles. The van der Waals surface area contributed by atoms with Gasteiger partial charge in [0.15, 0.2) is 11.5 Å². The molecule has 4 N–H and O–H groups in total. The van der Waals surface area contributed by atoms with Gasteiger partial charge in [0.1, 0.15) is 18.2 Å². The van der Waals surface area contributed by atoms with Gasteiger partial charge < -0.3 is 20.9 Å². The molecular formula is C18H18FN5O2. The number of rotatable bonds is 6. The number of hydrogen-bond donors (Lipinski definition) is 2. The van der Waals surface area contributed by atoms with Crippen molar-refractivity contribution in [1.29, 1.82) is 0 Å². The Kier molecular flexibility index (Phi) is 5.12. The largest absolute Gasteiger partial charge is 0.493 e. The number of methoxy groups -OCH3 is 1. The Balaban J connectivity index is 1.76. The van der Waals surface area contributed by atoms with Crippen LogP contribution >= 0.6 is 0 Å². The molecule has 3 aromatic rings. The van der Waals surface area contributed by atoms with E-state index in [1.165, 1.54) is 6.20 Å². The second-order valence-electron chi connectivity index (χ2n) is 5.56. The summed E-state index contributed by atoms with van der Waals surface area (Å²) in [5.74, 6) is 1.10. The van der Waals surface area contributed by atoms with Gasteiger partial charge in [-0.15, -0.1) is 0 Å². The van der Waals surface area contributed by atoms with Crippen LogP contribution in [0, 0.1) is 5.82 Å². The number of ether oxygens (including phenoxy) is 2. The zero-order chi connectivity index (χ0) is 18.5. The van der Waals surface area contributed by atoms with E-state index in [-0.39, 0.29) is 12.6 Å². The molecule has 0 bridgehead atoms. The fraction of sp³-hybridized carbons (Fsp3) is 0.167. The molecule has 0 saturated carbocycles. The minimum atomic E-state index is -0.415. The number of hydrogen-bond acceptors (Lipinski definition) is 7. The van der Waals surface area contributed by atoms with E-state index in [0.717, 1.165) is 17.3 Å². The van der Waals surface area contributed by atoms with Crippen molar-refractivity contribution in [2.45, 2.75) is 13.0 Å². The molecular weight excluding hydrogens is 337 g/mol. The first-order valence-electron chi connectivity index (χ1n) is 7.81. The van der Waals surface area contributed by atoms with E-state index in [1.807, 2.05) is 12.1 Å². The first-order chi connectivity index (χ1) is 12.6. The van der Waals surface area contributed by atoms with Crippen LogP contribution in [0.25, 0.3) is 0 Å². The smallest absolute Gasteiger partial charge is 0.221 e. The Bertz CT molecular complexity index is 920. The number of benzene rings is 1. The number of nitrogens with two attached hydrogens (primary N) is 2. The molecule has 0 aliphatic carbocycles. The second kappa shape index (κ2) is 7.64. The number of halogens is 1. The van der Waals surface area contributed by atoms with Crippen molar-refractivity contribution in [3.8, 4) is 11.5 Å². The predicted octanol–water partition coefficient (Wildman–Crippen LogP) is 2.35. The number of pyridine rings is 1. The highest BCUT2D eigenvalue weighted by Gasteiger charge is 2.10. The summed E-state index contributed by atoms with van der Waals surface area (Å²) in [6.45, 7) is 0.0722. The highest BCUT2D eigenvalue weighted by Crippen LogP contribution is 2.30. The van der Waals surface area contributed by atoms with E-state index < -0.39 is 5.82 Å². The van der Waals surface area contributed by atoms with Crippen molar-refractivity contribution in [2.75, 3.05) is 18.6 Å². The molecule has 0 unspecified atom stereocenters. The summed E-state index contributed by atoms with van der Waals surface area (Å²) in [5, 5.41) is 0. The van der Waals surface area contributed by atoms with Crippen LogP contribution in [0.15, 0.2) is 42.9 Å². The number of anilines is 2. The van der Waals surface area contributed by atoms with E-state index in [9.17, 15) is 4.39 Å². The van der Waals surface area contributed by atoms with E-state index in [0.29, 0.717) is 29.3 Å². The molecule has 134 valence electrons. The summed E-state index contributed by atoms with van der Waals surface area (Å²) in [6, 6.07) is 7.03. The lowest BCUT2D eigenvalue weighted by atomic mass is 10.1. The number of nitrogens with zero attached hydrogens (tertiary/aromatic N) is 3. The molecule has 0 spiro atoms. The molecule has 2 aromatic heterocycles. The molecule has 3 rings (SSSR count). The summed E-state index contributed by atoms with van der Waals surface area (Å²) < 4.78 is 24.7. The topological polar surface area (TPSA) is 109 Å². The fourth-order valence-electron chi connectivity index (χ4n) is 2.41. The van der Waals surface area contributed by atoms with Gasteiger partial charge >= 0.3 is 0 Å². The third-order valence-corrected chi connectivity index (χ3v) is 3.78. The minimum absolute atomic E-state index is 0.0722. The zero-order valence-corrected chi connectivity index (χ0v) is 14.1. The molecule has 0 atom stereocenters. The van der Waals surface area contributed by atoms with Gasteiger partial charge in [0.2, 0.25) is 5.95 Å². The lowest BCUT2D eigenvalue weighted by Crippen LogP contribution is -2.04. The first kappa shape index (κ1) is 17.4. The normalized spacial score (nSPS) is 10.5. The maximum atomic E-state index is 13.6. The molecule has 0 fully saturated rings. The molecule has 0 amide bonds. The van der Waals surface area contributed by atoms with Crippen molar-refractivity contribution >= 4 is 11.8 Å². The second-order valence-corrected chi connectivity index (χ2v) is 5.56. The zero-order valence-electron chi connectivity index (χ0n) is 14.1. The van der Waals surface area contributed by atoms with Crippen LogP contribution in [0.3, 0.4) is 0 Å². The van der Waals surface area contributed by atoms with Gasteiger partial charge in [-0.2, -0.15) is 4.98 Å². The van der Waals surface area contributed by atoms with Crippen LogP contribution in [0.2, 0.25) is 0 Å². The van der Waals surface area contributed by atoms with Gasteiger partial charge in [-0.25, -0.2) is 9.37 Å². The van der Waals surface area contributed by atoms with E-state index >= 15 is 0 Å². The Morgan fingerprint density at radius 2 is 1.92 bits per heavy atom. The molecule has 2 heterocycles. The number of nitrogen functional groups attached to an aromatic ring is 2. The summed E-state index contributed by atoms with van der Waals surface area (Å²) in [6.07, 6.45) is 4.78. The van der Waals surface area contributed by atoms with Gasteiger partial charge in [-0.05, 0) is 23.8 Å². The SMILES string of the molecule is COc1cc(Cc2cnc(N)nc2N)ccc1OCc1ccncc1F. The van der Waals surface area contributed by atoms with Crippen LogP contribution in [0.5, 0.6) is 11.5 Å². The molecule has 0 radical (unpaired) electrons. The minimum Gasteiger partial charge on any atom is -0.493 e. The summed E-state index contributed by atoms with van der Waals surface area (Å²) in [7, 11) is 1.54. The maximum absolute atomic E-state index is 13.6. The third-order valence-electron chi connectivity index (χ3n) is 3.78. The average Bonchev–Trinajstić information content (AvgIpc) is 2.64. The van der Waals surface area contributed by atoms with Gasteiger partial charge in [0, 0.05) is 29.9 Å². The lowest BCUT2D eigenvalue weighted by molar-refractivity contribution is 0.279. The van der Waals surface area contributed by atoms with Gasteiger partial charge in [-0.1, -0.05) is 6.07 Å². The maximum Gasteiger partial charge on any atom is 0.221 e. The summed E-state index contributed by atoms with van der Waals surface area (Å²) >= 11 is 0. The summed E-state index contributed by atoms with van der Waals surface area (Å²) in [4.78, 5) is 11.6. The van der Waals surface area contributed by atoms with Crippen LogP contribution < -0.4 is 20.9 Å². The average molecular weight is 355 g/mol. The van der Waals surface area contributed by atoms with Crippen LogP contribution in [-0.4, -0.2) is 22.1 Å². The van der Waals surface area contributed by atoms with Crippen molar-refractivity contribution in [3.63, 3.8) is 0 Å². The fourth-order valence-corrected chi connectivity index (χ4v) is 2.41. The first-order valence-corrected chi connectivity index (χ1v) is 7.81. The molecule has 7 nitrogen and oxygen atoms in total. The van der Waals surface area contributed by atoms with Crippen LogP contribution in [0.1, 0.15) is 16.7 Å². The summed E-state index contributed by atoms with van der Waals surface area (Å²) in [5.41, 5.74) is 13.5. The monoisotopic (exact) mass is 355 g/mol.